The molecule has 1 aromatic rings. The Morgan fingerprint density at radius 3 is 2.43 bits per heavy atom. The SMILES string of the molecule is COc1ccc(C(N)=S)cc1CN1C(=O)C(=O)N(C)C1=O. The molecule has 0 aromatic heterocycles. The van der Waals surface area contributed by atoms with Gasteiger partial charge >= 0.3 is 17.8 Å². The maximum Gasteiger partial charge on any atom is 0.334 e. The first-order valence-electron chi connectivity index (χ1n) is 5.97. The number of likely N-dealkylation sites (N-methyl/N-ethyl adjacent to an activating group) is 1. The molecule has 0 unspecified atom stereocenters. The highest BCUT2D eigenvalue weighted by Crippen LogP contribution is 2.24. The van der Waals surface area contributed by atoms with E-state index < -0.39 is 17.8 Å². The van der Waals surface area contributed by atoms with Crippen LogP contribution in [0.1, 0.15) is 11.1 Å². The summed E-state index contributed by atoms with van der Waals surface area (Å²) in [5, 5.41) is 0. The second-order valence-corrected chi connectivity index (χ2v) is 4.87. The molecule has 2 rings (SSSR count). The van der Waals surface area contributed by atoms with Crippen molar-refractivity contribution in [2.75, 3.05) is 14.2 Å². The Morgan fingerprint density at radius 2 is 1.95 bits per heavy atom. The minimum absolute atomic E-state index is 0.0899. The van der Waals surface area contributed by atoms with Crippen LogP contribution in [0.3, 0.4) is 0 Å². The van der Waals surface area contributed by atoms with Crippen molar-refractivity contribution in [1.29, 1.82) is 0 Å². The van der Waals surface area contributed by atoms with Crippen molar-refractivity contribution in [1.82, 2.24) is 9.80 Å². The van der Waals surface area contributed by atoms with E-state index in [9.17, 15) is 14.4 Å². The predicted octanol–water partition coefficient (Wildman–Crippen LogP) is 0.250. The average molecular weight is 307 g/mol. The molecule has 1 aliphatic heterocycles. The molecule has 21 heavy (non-hydrogen) atoms. The van der Waals surface area contributed by atoms with Gasteiger partial charge in [0.05, 0.1) is 13.7 Å². The Morgan fingerprint density at radius 1 is 1.29 bits per heavy atom. The molecule has 0 spiro atoms. The molecule has 0 atom stereocenters. The van der Waals surface area contributed by atoms with E-state index in [1.54, 1.807) is 18.2 Å². The summed E-state index contributed by atoms with van der Waals surface area (Å²) < 4.78 is 5.18. The van der Waals surface area contributed by atoms with E-state index >= 15 is 0 Å². The van der Waals surface area contributed by atoms with Crippen molar-refractivity contribution in [2.24, 2.45) is 5.73 Å². The lowest BCUT2D eigenvalue weighted by Crippen LogP contribution is -2.31. The third-order valence-corrected chi connectivity index (χ3v) is 3.38. The van der Waals surface area contributed by atoms with Crippen LogP contribution in [-0.4, -0.2) is 46.8 Å². The zero-order valence-corrected chi connectivity index (χ0v) is 12.3. The van der Waals surface area contributed by atoms with Gasteiger partial charge < -0.3 is 10.5 Å². The fourth-order valence-electron chi connectivity index (χ4n) is 1.98. The zero-order chi connectivity index (χ0) is 15.7. The van der Waals surface area contributed by atoms with Gasteiger partial charge in [-0.2, -0.15) is 0 Å². The second kappa shape index (κ2) is 5.49. The highest BCUT2D eigenvalue weighted by molar-refractivity contribution is 7.80. The van der Waals surface area contributed by atoms with Crippen LogP contribution in [0.25, 0.3) is 0 Å². The van der Waals surface area contributed by atoms with Crippen LogP contribution in [0.15, 0.2) is 18.2 Å². The largest absolute Gasteiger partial charge is 0.496 e. The van der Waals surface area contributed by atoms with Gasteiger partial charge in [-0.05, 0) is 18.2 Å². The van der Waals surface area contributed by atoms with E-state index in [0.29, 0.717) is 16.9 Å². The van der Waals surface area contributed by atoms with Gasteiger partial charge in [-0.1, -0.05) is 12.2 Å². The molecule has 1 fully saturated rings. The number of urea groups is 1. The molecule has 0 saturated carbocycles. The smallest absolute Gasteiger partial charge is 0.334 e. The van der Waals surface area contributed by atoms with E-state index in [1.165, 1.54) is 14.2 Å². The number of nitrogens with zero attached hydrogens (tertiary/aromatic N) is 2. The maximum atomic E-state index is 11.9. The number of ether oxygens (including phenoxy) is 1. The Hall–Kier alpha value is -2.48. The van der Waals surface area contributed by atoms with Crippen LogP contribution >= 0.6 is 12.2 Å². The number of methoxy groups -OCH3 is 1. The van der Waals surface area contributed by atoms with E-state index in [2.05, 4.69) is 0 Å². The van der Waals surface area contributed by atoms with Crippen LogP contribution in [0.5, 0.6) is 5.75 Å². The number of rotatable bonds is 4. The molecule has 1 heterocycles. The molecule has 0 bridgehead atoms. The van der Waals surface area contributed by atoms with Gasteiger partial charge in [0, 0.05) is 18.2 Å². The molecule has 1 aliphatic rings. The quantitative estimate of drug-likeness (QED) is 0.487. The molecule has 2 N–H and O–H groups in total. The van der Waals surface area contributed by atoms with Gasteiger partial charge in [0.1, 0.15) is 10.7 Å². The summed E-state index contributed by atoms with van der Waals surface area (Å²) in [5.74, 6) is -1.26. The van der Waals surface area contributed by atoms with Crippen molar-refractivity contribution >= 4 is 35.1 Å². The standard InChI is InChI=1S/C13H13N3O4S/c1-15-11(17)12(18)16(13(15)19)6-8-5-7(10(14)21)3-4-9(8)20-2/h3-5H,6H2,1-2H3,(H2,14,21). The van der Waals surface area contributed by atoms with Crippen LogP contribution in [0, 0.1) is 0 Å². The molecule has 1 saturated heterocycles. The maximum absolute atomic E-state index is 11.9. The number of imide groups is 2. The summed E-state index contributed by atoms with van der Waals surface area (Å²) in [7, 11) is 2.72. The number of thiocarbonyl (C=S) groups is 1. The van der Waals surface area contributed by atoms with Gasteiger partial charge in [-0.3, -0.25) is 19.4 Å². The summed E-state index contributed by atoms with van der Waals surface area (Å²) in [6.07, 6.45) is 0. The fraction of sp³-hybridized carbons (Fsp3) is 0.231. The van der Waals surface area contributed by atoms with Gasteiger partial charge in [-0.15, -0.1) is 0 Å². The Bertz CT molecular complexity index is 659. The molecule has 110 valence electrons. The summed E-state index contributed by atoms with van der Waals surface area (Å²) in [6.45, 7) is -0.0899. The number of hydrogen-bond acceptors (Lipinski definition) is 5. The zero-order valence-electron chi connectivity index (χ0n) is 11.5. The van der Waals surface area contributed by atoms with E-state index in [0.717, 1.165) is 9.80 Å². The number of hydrogen-bond donors (Lipinski definition) is 1. The topological polar surface area (TPSA) is 92.9 Å². The van der Waals surface area contributed by atoms with E-state index in [1.807, 2.05) is 0 Å². The monoisotopic (exact) mass is 307 g/mol. The lowest BCUT2D eigenvalue weighted by atomic mass is 10.1. The van der Waals surface area contributed by atoms with Gasteiger partial charge in [-0.25, -0.2) is 4.79 Å². The Kier molecular flexibility index (Phi) is 3.90. The molecule has 8 heteroatoms. The van der Waals surface area contributed by atoms with Crippen molar-refractivity contribution in [3.63, 3.8) is 0 Å². The van der Waals surface area contributed by atoms with Crippen LogP contribution in [-0.2, 0) is 16.1 Å². The molecule has 7 nitrogen and oxygen atoms in total. The normalized spacial score (nSPS) is 14.9. The third kappa shape index (κ3) is 2.57. The number of amides is 4. The fourth-order valence-corrected chi connectivity index (χ4v) is 2.11. The molecule has 4 amide bonds. The number of carbonyl (C=O) groups is 3. The predicted molar refractivity (Wildman–Crippen MR) is 77.6 cm³/mol. The number of nitrogens with two attached hydrogens (primary N) is 1. The first kappa shape index (κ1) is 14.9. The second-order valence-electron chi connectivity index (χ2n) is 4.43. The summed E-state index contributed by atoms with van der Waals surface area (Å²) in [5.41, 5.74) is 6.68. The molecule has 0 aliphatic carbocycles. The molecule has 1 aromatic carbocycles. The van der Waals surface area contributed by atoms with Crippen molar-refractivity contribution < 1.29 is 19.1 Å². The summed E-state index contributed by atoms with van der Waals surface area (Å²) in [6, 6.07) is 4.27. The third-order valence-electron chi connectivity index (χ3n) is 3.14. The first-order chi connectivity index (χ1) is 9.86. The molecule has 0 radical (unpaired) electrons. The van der Waals surface area contributed by atoms with Crippen molar-refractivity contribution in [3.05, 3.63) is 29.3 Å². The number of carbonyl (C=O) groups excluding carboxylic acids is 3. The molecular formula is C13H13N3O4S. The Balaban J connectivity index is 2.37. The minimum atomic E-state index is -0.870. The minimum Gasteiger partial charge on any atom is -0.496 e. The van der Waals surface area contributed by atoms with Crippen LogP contribution < -0.4 is 10.5 Å². The molecular weight excluding hydrogens is 294 g/mol. The van der Waals surface area contributed by atoms with Crippen LogP contribution in [0.2, 0.25) is 0 Å². The van der Waals surface area contributed by atoms with Crippen molar-refractivity contribution in [2.45, 2.75) is 6.54 Å². The highest BCUT2D eigenvalue weighted by Gasteiger charge is 2.42. The van der Waals surface area contributed by atoms with Gasteiger partial charge in [0.15, 0.2) is 0 Å². The lowest BCUT2D eigenvalue weighted by Gasteiger charge is -2.16. The van der Waals surface area contributed by atoms with E-state index in [4.69, 9.17) is 22.7 Å². The van der Waals surface area contributed by atoms with Crippen molar-refractivity contribution in [3.8, 4) is 5.75 Å². The van der Waals surface area contributed by atoms with E-state index in [-0.39, 0.29) is 11.5 Å². The number of benzene rings is 1. The Labute approximate surface area is 126 Å². The summed E-state index contributed by atoms with van der Waals surface area (Å²) >= 11 is 4.89. The lowest BCUT2D eigenvalue weighted by molar-refractivity contribution is -0.143. The average Bonchev–Trinajstić information content (AvgIpc) is 2.65. The van der Waals surface area contributed by atoms with Gasteiger partial charge in [0.2, 0.25) is 0 Å². The van der Waals surface area contributed by atoms with Gasteiger partial charge in [0.25, 0.3) is 0 Å². The summed E-state index contributed by atoms with van der Waals surface area (Å²) in [4.78, 5) is 36.9. The highest BCUT2D eigenvalue weighted by atomic mass is 32.1. The van der Waals surface area contributed by atoms with Crippen LogP contribution in [0.4, 0.5) is 4.79 Å². The first-order valence-corrected chi connectivity index (χ1v) is 6.38.